The molecule has 0 unspecified atom stereocenters. The molecular weight excluding hydrogens is 328 g/mol. The average molecular weight is 350 g/mol. The largest absolute Gasteiger partial charge is 0.468 e. The van der Waals surface area contributed by atoms with Crippen molar-refractivity contribution in [3.05, 3.63) is 72.4 Å². The molecule has 1 fully saturated rings. The van der Waals surface area contributed by atoms with E-state index in [2.05, 4.69) is 15.3 Å². The number of hydrogen-bond donors (Lipinski definition) is 1. The zero-order valence-electron chi connectivity index (χ0n) is 14.5. The summed E-state index contributed by atoms with van der Waals surface area (Å²) >= 11 is 0. The molecule has 1 atom stereocenters. The van der Waals surface area contributed by atoms with Crippen LogP contribution in [0, 0.1) is 0 Å². The van der Waals surface area contributed by atoms with Crippen molar-refractivity contribution in [2.24, 2.45) is 0 Å². The van der Waals surface area contributed by atoms with E-state index in [1.807, 2.05) is 48.7 Å². The van der Waals surface area contributed by atoms with Crippen LogP contribution in [0.4, 0.5) is 0 Å². The number of nitrogens with one attached hydrogen (secondary N) is 1. The minimum absolute atomic E-state index is 0.0761. The Morgan fingerprint density at radius 1 is 1.15 bits per heavy atom. The van der Waals surface area contributed by atoms with Crippen LogP contribution in [0.3, 0.4) is 0 Å². The van der Waals surface area contributed by atoms with Gasteiger partial charge in [0, 0.05) is 24.5 Å². The topological polar surface area (TPSA) is 63.3 Å². The number of benzene rings is 1. The van der Waals surface area contributed by atoms with Gasteiger partial charge >= 0.3 is 0 Å². The van der Waals surface area contributed by atoms with Crippen molar-refractivity contribution in [1.29, 1.82) is 0 Å². The van der Waals surface area contributed by atoms with Crippen LogP contribution in [0.1, 0.15) is 35.0 Å². The van der Waals surface area contributed by atoms with Gasteiger partial charge in [0.1, 0.15) is 5.76 Å². The van der Waals surface area contributed by atoms with Crippen molar-refractivity contribution in [3.63, 3.8) is 0 Å². The van der Waals surface area contributed by atoms with Crippen molar-refractivity contribution in [2.45, 2.75) is 18.9 Å². The highest BCUT2D eigenvalue weighted by Crippen LogP contribution is 2.25. The molecule has 0 bridgehead atoms. The second-order valence-corrected chi connectivity index (χ2v) is 6.48. The molecule has 1 N–H and O–H groups in total. The number of carbonyl (C=O) groups excluding carboxylic acids is 1. The van der Waals surface area contributed by atoms with Crippen LogP contribution in [0.25, 0.3) is 5.69 Å². The Morgan fingerprint density at radius 3 is 2.62 bits per heavy atom. The Labute approximate surface area is 152 Å². The monoisotopic (exact) mass is 350 g/mol. The van der Waals surface area contributed by atoms with Crippen LogP contribution in [-0.2, 0) is 0 Å². The Balaban J connectivity index is 1.42. The van der Waals surface area contributed by atoms with E-state index in [0.29, 0.717) is 12.1 Å². The van der Waals surface area contributed by atoms with Gasteiger partial charge in [-0.2, -0.15) is 5.10 Å². The normalized spacial score (nSPS) is 15.8. The number of amides is 1. The van der Waals surface area contributed by atoms with Gasteiger partial charge in [0.25, 0.3) is 5.91 Å². The van der Waals surface area contributed by atoms with E-state index in [1.54, 1.807) is 17.1 Å². The van der Waals surface area contributed by atoms with Gasteiger partial charge in [-0.15, -0.1) is 0 Å². The summed E-state index contributed by atoms with van der Waals surface area (Å²) in [6, 6.07) is 13.3. The number of nitrogens with zero attached hydrogens (tertiary/aromatic N) is 3. The molecule has 2 aromatic heterocycles. The van der Waals surface area contributed by atoms with E-state index in [-0.39, 0.29) is 11.9 Å². The minimum atomic E-state index is -0.0761. The molecule has 1 saturated heterocycles. The van der Waals surface area contributed by atoms with Crippen LogP contribution in [0.5, 0.6) is 0 Å². The molecule has 1 amide bonds. The van der Waals surface area contributed by atoms with Gasteiger partial charge in [-0.3, -0.25) is 9.69 Å². The van der Waals surface area contributed by atoms with Gasteiger partial charge in [0.15, 0.2) is 0 Å². The number of rotatable bonds is 6. The molecule has 6 heteroatoms. The van der Waals surface area contributed by atoms with E-state index < -0.39 is 0 Å². The van der Waals surface area contributed by atoms with Crippen LogP contribution in [-0.4, -0.2) is 40.2 Å². The van der Waals surface area contributed by atoms with Crippen molar-refractivity contribution in [3.8, 4) is 5.69 Å². The molecule has 0 saturated carbocycles. The lowest BCUT2D eigenvalue weighted by molar-refractivity contribution is 0.0934. The summed E-state index contributed by atoms with van der Waals surface area (Å²) in [6.07, 6.45) is 7.68. The highest BCUT2D eigenvalue weighted by molar-refractivity contribution is 5.94. The highest BCUT2D eigenvalue weighted by atomic mass is 16.3. The highest BCUT2D eigenvalue weighted by Gasteiger charge is 2.26. The zero-order valence-corrected chi connectivity index (χ0v) is 14.5. The predicted octanol–water partition coefficient (Wildman–Crippen LogP) is 3.03. The first-order valence-corrected chi connectivity index (χ1v) is 8.97. The summed E-state index contributed by atoms with van der Waals surface area (Å²) < 4.78 is 7.37. The molecule has 26 heavy (non-hydrogen) atoms. The fourth-order valence-corrected chi connectivity index (χ4v) is 3.42. The Hall–Kier alpha value is -2.86. The van der Waals surface area contributed by atoms with E-state index >= 15 is 0 Å². The molecule has 1 aliphatic rings. The SMILES string of the molecule is O=C(NC[C@H](c1ccco1)N1CCCC1)c1ccc(-n2cccn2)cc1. The van der Waals surface area contributed by atoms with Crippen LogP contribution in [0.15, 0.2) is 65.5 Å². The molecule has 3 aromatic rings. The quantitative estimate of drug-likeness (QED) is 0.742. The molecule has 4 rings (SSSR count). The molecule has 3 heterocycles. The van der Waals surface area contributed by atoms with E-state index in [0.717, 1.165) is 24.5 Å². The minimum Gasteiger partial charge on any atom is -0.468 e. The van der Waals surface area contributed by atoms with Crippen molar-refractivity contribution in [2.75, 3.05) is 19.6 Å². The average Bonchev–Trinajstić information content (AvgIpc) is 3.45. The molecule has 1 aromatic carbocycles. The lowest BCUT2D eigenvalue weighted by Gasteiger charge is -2.26. The second-order valence-electron chi connectivity index (χ2n) is 6.48. The van der Waals surface area contributed by atoms with Crippen LogP contribution < -0.4 is 5.32 Å². The summed E-state index contributed by atoms with van der Waals surface area (Å²) in [6.45, 7) is 2.62. The zero-order chi connectivity index (χ0) is 17.8. The van der Waals surface area contributed by atoms with Gasteiger partial charge in [0.2, 0.25) is 0 Å². The maximum atomic E-state index is 12.5. The Morgan fingerprint density at radius 2 is 1.96 bits per heavy atom. The number of furan rings is 1. The second kappa shape index (κ2) is 7.58. The lowest BCUT2D eigenvalue weighted by Crippen LogP contribution is -2.36. The fourth-order valence-electron chi connectivity index (χ4n) is 3.42. The first-order chi connectivity index (χ1) is 12.8. The molecule has 1 aliphatic heterocycles. The summed E-state index contributed by atoms with van der Waals surface area (Å²) in [5.74, 6) is 0.828. The van der Waals surface area contributed by atoms with E-state index in [1.165, 1.54) is 12.8 Å². The molecular formula is C20H22N4O2. The standard InChI is InChI=1S/C20H22N4O2/c25-20(16-6-8-17(9-7-16)24-13-4-10-22-24)21-15-18(19-5-3-14-26-19)23-11-1-2-12-23/h3-10,13-14,18H,1-2,11-12,15H2,(H,21,25)/t18-/m1/s1. The predicted molar refractivity (Wildman–Crippen MR) is 98.2 cm³/mol. The first-order valence-electron chi connectivity index (χ1n) is 8.97. The summed E-state index contributed by atoms with van der Waals surface area (Å²) in [5, 5.41) is 7.25. The van der Waals surface area contributed by atoms with Gasteiger partial charge in [0.05, 0.1) is 18.0 Å². The summed E-state index contributed by atoms with van der Waals surface area (Å²) in [7, 11) is 0. The Bertz CT molecular complexity index is 819. The van der Waals surface area contributed by atoms with Gasteiger partial charge in [-0.05, 0) is 68.4 Å². The molecule has 0 aliphatic carbocycles. The third kappa shape index (κ3) is 3.55. The molecule has 0 spiro atoms. The fraction of sp³-hybridized carbons (Fsp3) is 0.300. The third-order valence-corrected chi connectivity index (χ3v) is 4.81. The van der Waals surface area contributed by atoms with Gasteiger partial charge in [-0.1, -0.05) is 0 Å². The number of aromatic nitrogens is 2. The number of likely N-dealkylation sites (tertiary alicyclic amines) is 1. The van der Waals surface area contributed by atoms with Crippen molar-refractivity contribution < 1.29 is 9.21 Å². The van der Waals surface area contributed by atoms with Crippen LogP contribution in [0.2, 0.25) is 0 Å². The number of carbonyl (C=O) groups is 1. The van der Waals surface area contributed by atoms with Crippen LogP contribution >= 0.6 is 0 Å². The summed E-state index contributed by atoms with van der Waals surface area (Å²) in [5.41, 5.74) is 1.57. The number of hydrogen-bond acceptors (Lipinski definition) is 4. The van der Waals surface area contributed by atoms with Crippen molar-refractivity contribution >= 4 is 5.91 Å². The maximum Gasteiger partial charge on any atom is 0.251 e. The summed E-state index contributed by atoms with van der Waals surface area (Å²) in [4.78, 5) is 14.9. The lowest BCUT2D eigenvalue weighted by atomic mass is 10.1. The molecule has 0 radical (unpaired) electrons. The molecule has 6 nitrogen and oxygen atoms in total. The van der Waals surface area contributed by atoms with Gasteiger partial charge in [-0.25, -0.2) is 4.68 Å². The van der Waals surface area contributed by atoms with Gasteiger partial charge < -0.3 is 9.73 Å². The van der Waals surface area contributed by atoms with Crippen molar-refractivity contribution in [1.82, 2.24) is 20.0 Å². The smallest absolute Gasteiger partial charge is 0.251 e. The third-order valence-electron chi connectivity index (χ3n) is 4.81. The Kier molecular flexibility index (Phi) is 4.84. The first kappa shape index (κ1) is 16.6. The molecule has 134 valence electrons. The maximum absolute atomic E-state index is 12.5. The van der Waals surface area contributed by atoms with E-state index in [9.17, 15) is 4.79 Å². The van der Waals surface area contributed by atoms with E-state index in [4.69, 9.17) is 4.42 Å².